The minimum absolute atomic E-state index is 0. The van der Waals surface area contributed by atoms with Crippen molar-refractivity contribution >= 4 is 41.5 Å². The van der Waals surface area contributed by atoms with E-state index < -0.39 is 5.82 Å². The Balaban J connectivity index is 0.00000400. The molecule has 0 heterocycles. The number of rotatable bonds is 7. The zero-order valence-electron chi connectivity index (χ0n) is 12.3. The van der Waals surface area contributed by atoms with Gasteiger partial charge < -0.3 is 15.4 Å². The molecule has 7 heteroatoms. The highest BCUT2D eigenvalue weighted by Gasteiger charge is 2.01. The van der Waals surface area contributed by atoms with E-state index in [1.807, 2.05) is 6.92 Å². The summed E-state index contributed by atoms with van der Waals surface area (Å²) in [7, 11) is 1.68. The Morgan fingerprint density at radius 3 is 2.76 bits per heavy atom. The maximum Gasteiger partial charge on any atom is 0.191 e. The fourth-order valence-electron chi connectivity index (χ4n) is 1.57. The van der Waals surface area contributed by atoms with Crippen LogP contribution in [0.2, 0.25) is 5.02 Å². The summed E-state index contributed by atoms with van der Waals surface area (Å²) in [5.41, 5.74) is 0.866. The van der Waals surface area contributed by atoms with Gasteiger partial charge in [-0.3, -0.25) is 0 Å². The van der Waals surface area contributed by atoms with Crippen molar-refractivity contribution in [2.24, 2.45) is 4.99 Å². The first kappa shape index (κ1) is 20.4. The van der Waals surface area contributed by atoms with Crippen LogP contribution in [-0.2, 0) is 11.3 Å². The third-order valence-electron chi connectivity index (χ3n) is 2.57. The van der Waals surface area contributed by atoms with Crippen LogP contribution >= 0.6 is 35.6 Å². The van der Waals surface area contributed by atoms with Crippen molar-refractivity contribution in [3.8, 4) is 0 Å². The molecule has 0 bridgehead atoms. The minimum Gasteiger partial charge on any atom is -0.385 e. The van der Waals surface area contributed by atoms with E-state index in [1.54, 1.807) is 19.2 Å². The van der Waals surface area contributed by atoms with Gasteiger partial charge in [0.2, 0.25) is 0 Å². The molecule has 2 N–H and O–H groups in total. The van der Waals surface area contributed by atoms with Crippen molar-refractivity contribution in [3.05, 3.63) is 34.6 Å². The first-order valence-electron chi connectivity index (χ1n) is 6.62. The number of halogens is 3. The molecule has 0 aliphatic heterocycles. The summed E-state index contributed by atoms with van der Waals surface area (Å²) in [4.78, 5) is 4.42. The Bertz CT molecular complexity index is 446. The lowest BCUT2D eigenvalue weighted by Gasteiger charge is -2.11. The summed E-state index contributed by atoms with van der Waals surface area (Å²) in [5, 5.41) is 6.47. The van der Waals surface area contributed by atoms with Gasteiger partial charge in [-0.1, -0.05) is 17.7 Å². The fraction of sp³-hybridized carbons (Fsp3) is 0.500. The molecule has 0 spiro atoms. The predicted molar refractivity (Wildman–Crippen MR) is 96.1 cm³/mol. The molecule has 0 radical (unpaired) electrons. The van der Waals surface area contributed by atoms with Crippen LogP contribution in [0.3, 0.4) is 0 Å². The van der Waals surface area contributed by atoms with Crippen LogP contribution in [0, 0.1) is 5.82 Å². The average Bonchev–Trinajstić information content (AvgIpc) is 2.44. The van der Waals surface area contributed by atoms with Crippen molar-refractivity contribution in [1.82, 2.24) is 10.6 Å². The number of methoxy groups -OCH3 is 1. The van der Waals surface area contributed by atoms with Gasteiger partial charge in [0, 0.05) is 26.8 Å². The van der Waals surface area contributed by atoms with Crippen molar-refractivity contribution in [2.45, 2.75) is 19.9 Å². The van der Waals surface area contributed by atoms with Crippen molar-refractivity contribution in [3.63, 3.8) is 0 Å². The molecule has 1 aromatic rings. The molecule has 0 unspecified atom stereocenters. The number of ether oxygens (including phenoxy) is 1. The van der Waals surface area contributed by atoms with E-state index >= 15 is 0 Å². The van der Waals surface area contributed by atoms with Crippen LogP contribution in [0.25, 0.3) is 0 Å². The van der Waals surface area contributed by atoms with Crippen LogP contribution in [-0.4, -0.2) is 32.8 Å². The minimum atomic E-state index is -0.413. The third kappa shape index (κ3) is 8.43. The second kappa shape index (κ2) is 12.0. The maximum absolute atomic E-state index is 13.1. The fourth-order valence-corrected chi connectivity index (χ4v) is 1.78. The Kier molecular flexibility index (Phi) is 11.7. The highest BCUT2D eigenvalue weighted by atomic mass is 127. The molecule has 0 aliphatic carbocycles. The van der Waals surface area contributed by atoms with Crippen LogP contribution in [0.15, 0.2) is 23.2 Å². The number of benzene rings is 1. The molecule has 0 fully saturated rings. The van der Waals surface area contributed by atoms with Crippen LogP contribution in [0.5, 0.6) is 0 Å². The zero-order chi connectivity index (χ0) is 14.8. The molecule has 1 aromatic carbocycles. The van der Waals surface area contributed by atoms with E-state index in [-0.39, 0.29) is 29.0 Å². The number of aliphatic imine (C=N–C) groups is 1. The molecule has 0 aromatic heterocycles. The van der Waals surface area contributed by atoms with Crippen LogP contribution in [0.4, 0.5) is 4.39 Å². The van der Waals surface area contributed by atoms with E-state index in [0.717, 1.165) is 31.0 Å². The molecule has 4 nitrogen and oxygen atoms in total. The van der Waals surface area contributed by atoms with Crippen molar-refractivity contribution in [1.29, 1.82) is 0 Å². The summed E-state index contributed by atoms with van der Waals surface area (Å²) in [6.45, 7) is 4.71. The van der Waals surface area contributed by atoms with Gasteiger partial charge >= 0.3 is 0 Å². The lowest BCUT2D eigenvalue weighted by Crippen LogP contribution is -2.38. The molecule has 0 saturated heterocycles. The predicted octanol–water partition coefficient (Wildman–Crippen LogP) is 3.19. The first-order chi connectivity index (χ1) is 9.67. The van der Waals surface area contributed by atoms with Gasteiger partial charge in [-0.2, -0.15) is 0 Å². The normalized spacial score (nSPS) is 11.0. The Morgan fingerprint density at radius 1 is 1.38 bits per heavy atom. The van der Waals surface area contributed by atoms with E-state index in [2.05, 4.69) is 15.6 Å². The van der Waals surface area contributed by atoms with E-state index in [4.69, 9.17) is 16.3 Å². The molecule has 0 saturated carbocycles. The summed E-state index contributed by atoms with van der Waals surface area (Å²) in [6, 6.07) is 4.63. The molecule has 120 valence electrons. The van der Waals surface area contributed by atoms with Crippen molar-refractivity contribution in [2.75, 3.05) is 26.8 Å². The highest BCUT2D eigenvalue weighted by Crippen LogP contribution is 2.16. The van der Waals surface area contributed by atoms with Gasteiger partial charge in [-0.25, -0.2) is 9.38 Å². The Morgan fingerprint density at radius 2 is 2.14 bits per heavy atom. The van der Waals surface area contributed by atoms with E-state index in [1.165, 1.54) is 6.07 Å². The molecule has 1 rings (SSSR count). The SMILES string of the molecule is CCNC(=NCc1ccc(F)c(Cl)c1)NCCCOC.I. The topological polar surface area (TPSA) is 45.7 Å². The third-order valence-corrected chi connectivity index (χ3v) is 2.86. The number of hydrogen-bond acceptors (Lipinski definition) is 2. The zero-order valence-corrected chi connectivity index (χ0v) is 15.4. The van der Waals surface area contributed by atoms with Gasteiger partial charge in [0.1, 0.15) is 5.82 Å². The van der Waals surface area contributed by atoms with Gasteiger partial charge in [0.25, 0.3) is 0 Å². The molecular formula is C14H22ClFIN3O. The van der Waals surface area contributed by atoms with Crippen LogP contribution in [0.1, 0.15) is 18.9 Å². The second-order valence-corrected chi connectivity index (χ2v) is 4.62. The average molecular weight is 430 g/mol. The molecule has 0 atom stereocenters. The quantitative estimate of drug-likeness (QED) is 0.303. The van der Waals surface area contributed by atoms with Gasteiger partial charge in [0.05, 0.1) is 11.6 Å². The second-order valence-electron chi connectivity index (χ2n) is 4.22. The van der Waals surface area contributed by atoms with Crippen molar-refractivity contribution < 1.29 is 9.13 Å². The monoisotopic (exact) mass is 429 g/mol. The largest absolute Gasteiger partial charge is 0.385 e. The number of nitrogens with one attached hydrogen (secondary N) is 2. The molecule has 21 heavy (non-hydrogen) atoms. The Hall–Kier alpha value is -0.600. The summed E-state index contributed by atoms with van der Waals surface area (Å²) in [5.74, 6) is 0.313. The van der Waals surface area contributed by atoms with Gasteiger partial charge in [-0.15, -0.1) is 24.0 Å². The first-order valence-corrected chi connectivity index (χ1v) is 7.00. The summed E-state index contributed by atoms with van der Waals surface area (Å²) in [6.07, 6.45) is 0.906. The lowest BCUT2D eigenvalue weighted by atomic mass is 10.2. The number of hydrogen-bond donors (Lipinski definition) is 2. The van der Waals surface area contributed by atoms with E-state index in [9.17, 15) is 4.39 Å². The lowest BCUT2D eigenvalue weighted by molar-refractivity contribution is 0.195. The van der Waals surface area contributed by atoms with Gasteiger partial charge in [0.15, 0.2) is 5.96 Å². The number of nitrogens with zero attached hydrogens (tertiary/aromatic N) is 1. The summed E-state index contributed by atoms with van der Waals surface area (Å²) >= 11 is 5.74. The highest BCUT2D eigenvalue weighted by molar-refractivity contribution is 14.0. The molecular weight excluding hydrogens is 408 g/mol. The van der Waals surface area contributed by atoms with Gasteiger partial charge in [-0.05, 0) is 31.0 Å². The molecule has 0 amide bonds. The molecule has 0 aliphatic rings. The van der Waals surface area contributed by atoms with Crippen LogP contribution < -0.4 is 10.6 Å². The summed E-state index contributed by atoms with van der Waals surface area (Å²) < 4.78 is 18.0. The Labute approximate surface area is 147 Å². The number of guanidine groups is 1. The van der Waals surface area contributed by atoms with E-state index in [0.29, 0.717) is 13.2 Å². The standard InChI is InChI=1S/C14H21ClFN3O.HI/c1-3-17-14(18-7-4-8-20-2)19-10-11-5-6-13(16)12(15)9-11;/h5-6,9H,3-4,7-8,10H2,1-2H3,(H2,17,18,19);1H. The maximum atomic E-state index is 13.1. The smallest absolute Gasteiger partial charge is 0.191 e.